The van der Waals surface area contributed by atoms with Crippen molar-refractivity contribution in [2.75, 3.05) is 45.7 Å². The van der Waals surface area contributed by atoms with E-state index in [1.807, 2.05) is 60.4 Å². The Hall–Kier alpha value is -5.00. The smallest absolute Gasteiger partial charge is 0.229 e. The van der Waals surface area contributed by atoms with E-state index in [0.29, 0.717) is 37.6 Å². The number of nitrogens with zero attached hydrogens (tertiary/aromatic N) is 4. The lowest BCUT2D eigenvalue weighted by Gasteiger charge is -2.35. The van der Waals surface area contributed by atoms with E-state index in [1.165, 1.54) is 24.3 Å². The lowest BCUT2D eigenvalue weighted by molar-refractivity contribution is -0.137. The van der Waals surface area contributed by atoms with Crippen molar-refractivity contribution >= 4 is 22.9 Å². The second-order valence-corrected chi connectivity index (χ2v) is 14.4. The van der Waals surface area contributed by atoms with Gasteiger partial charge in [-0.15, -0.1) is 0 Å². The van der Waals surface area contributed by atoms with Gasteiger partial charge in [0.1, 0.15) is 11.6 Å². The van der Waals surface area contributed by atoms with Gasteiger partial charge in [0.25, 0.3) is 0 Å². The Morgan fingerprint density at radius 2 is 1.53 bits per heavy atom. The third-order valence-electron chi connectivity index (χ3n) is 10.9. The fourth-order valence-electron chi connectivity index (χ4n) is 8.03. The number of rotatable bonds is 13. The van der Waals surface area contributed by atoms with Crippen molar-refractivity contribution in [3.8, 4) is 11.5 Å². The number of imidazole rings is 1. The molecule has 1 amide bonds. The molecule has 11 heteroatoms. The summed E-state index contributed by atoms with van der Waals surface area (Å²) in [5, 5.41) is 3.73. The van der Waals surface area contributed by atoms with Gasteiger partial charge in [-0.1, -0.05) is 42.5 Å². The summed E-state index contributed by atoms with van der Waals surface area (Å²) in [6.45, 7) is 6.36. The monoisotopic (exact) mass is 725 g/mol. The summed E-state index contributed by atoms with van der Waals surface area (Å²) < 4.78 is 40.8. The number of benzene rings is 4. The number of para-hydroxylation sites is 2. The van der Waals surface area contributed by atoms with Crippen LogP contribution in [-0.4, -0.2) is 77.2 Å². The SMILES string of the molecule is COc1cc(CN2CCC(CCN3CCC(Nc4nc5ccccc5n4Cc4ccc(F)cc4)CC3)(Cc3ccc(F)cc3)C2=O)cc(C)c1OC.O. The summed E-state index contributed by atoms with van der Waals surface area (Å²) >= 11 is 0. The summed E-state index contributed by atoms with van der Waals surface area (Å²) in [5.41, 5.74) is 5.35. The van der Waals surface area contributed by atoms with Crippen LogP contribution in [-0.2, 0) is 24.3 Å². The van der Waals surface area contributed by atoms with Crippen molar-refractivity contribution in [3.05, 3.63) is 119 Å². The van der Waals surface area contributed by atoms with E-state index >= 15 is 0 Å². The van der Waals surface area contributed by atoms with Gasteiger partial charge < -0.3 is 34.6 Å². The molecule has 0 radical (unpaired) electrons. The number of piperidine rings is 1. The van der Waals surface area contributed by atoms with Crippen LogP contribution >= 0.6 is 0 Å². The lowest BCUT2D eigenvalue weighted by Crippen LogP contribution is -2.43. The van der Waals surface area contributed by atoms with Crippen LogP contribution in [0.3, 0.4) is 0 Å². The summed E-state index contributed by atoms with van der Waals surface area (Å²) in [7, 11) is 3.26. The minimum absolute atomic E-state index is 0. The second-order valence-electron chi connectivity index (χ2n) is 14.4. The number of fused-ring (bicyclic) bond motifs is 1. The standard InChI is InChI=1S/C42H47F2N5O3.H2O/c1-29-24-32(25-38(51-2)39(29)52-3)27-48-23-19-42(40(48)50,26-30-8-12-33(43)13-9-30)18-22-47-20-16-35(17-21-47)45-41-46-36-6-4-5-7-37(36)49(41)28-31-10-14-34(44)15-11-31;/h4-15,24-25,35H,16-23,26-28H2,1-3H3,(H,45,46);1H2. The Kier molecular flexibility index (Phi) is 11.6. The van der Waals surface area contributed by atoms with Crippen molar-refractivity contribution in [1.82, 2.24) is 19.4 Å². The Bertz CT molecular complexity index is 2010. The lowest BCUT2D eigenvalue weighted by atomic mass is 9.77. The first-order valence-corrected chi connectivity index (χ1v) is 18.2. The highest BCUT2D eigenvalue weighted by Gasteiger charge is 2.46. The van der Waals surface area contributed by atoms with Gasteiger partial charge in [-0.3, -0.25) is 4.79 Å². The molecule has 5 aromatic rings. The molecule has 1 atom stereocenters. The molecule has 3 N–H and O–H groups in total. The quantitative estimate of drug-likeness (QED) is 0.143. The number of aromatic nitrogens is 2. The average molecular weight is 726 g/mol. The number of ether oxygens (including phenoxy) is 2. The van der Waals surface area contributed by atoms with E-state index in [9.17, 15) is 13.6 Å². The van der Waals surface area contributed by atoms with E-state index in [-0.39, 0.29) is 29.1 Å². The third-order valence-corrected chi connectivity index (χ3v) is 10.9. The van der Waals surface area contributed by atoms with Crippen LogP contribution in [0.15, 0.2) is 84.9 Å². The Morgan fingerprint density at radius 1 is 0.849 bits per heavy atom. The number of likely N-dealkylation sites (tertiary alicyclic amines) is 2. The molecule has 53 heavy (non-hydrogen) atoms. The zero-order valence-corrected chi connectivity index (χ0v) is 30.7. The van der Waals surface area contributed by atoms with Crippen LogP contribution in [0.1, 0.15) is 47.9 Å². The minimum Gasteiger partial charge on any atom is -0.493 e. The zero-order valence-electron chi connectivity index (χ0n) is 30.7. The number of carbonyl (C=O) groups is 1. The van der Waals surface area contributed by atoms with Crippen molar-refractivity contribution in [2.45, 2.75) is 58.2 Å². The van der Waals surface area contributed by atoms with Crippen LogP contribution in [0.2, 0.25) is 0 Å². The Balaban J connectivity index is 0.00000481. The van der Waals surface area contributed by atoms with Crippen molar-refractivity contribution in [1.29, 1.82) is 0 Å². The molecule has 2 aliphatic rings. The molecule has 2 aliphatic heterocycles. The van der Waals surface area contributed by atoms with E-state index in [0.717, 1.165) is 84.6 Å². The number of amides is 1. The van der Waals surface area contributed by atoms with Crippen LogP contribution in [0.25, 0.3) is 11.0 Å². The summed E-state index contributed by atoms with van der Waals surface area (Å²) in [5.74, 6) is 1.81. The number of aryl methyl sites for hydroxylation is 1. The first-order chi connectivity index (χ1) is 25.2. The number of hydrogen-bond donors (Lipinski definition) is 1. The van der Waals surface area contributed by atoms with E-state index in [2.05, 4.69) is 26.9 Å². The topological polar surface area (TPSA) is 103 Å². The van der Waals surface area contributed by atoms with Gasteiger partial charge in [-0.2, -0.15) is 0 Å². The maximum Gasteiger partial charge on any atom is 0.229 e. The van der Waals surface area contributed by atoms with Crippen molar-refractivity contribution in [2.24, 2.45) is 5.41 Å². The van der Waals surface area contributed by atoms with Crippen LogP contribution in [0.4, 0.5) is 14.7 Å². The molecule has 4 aromatic carbocycles. The van der Waals surface area contributed by atoms with Crippen LogP contribution in [0, 0.1) is 24.0 Å². The molecule has 9 nitrogen and oxygen atoms in total. The summed E-state index contributed by atoms with van der Waals surface area (Å²) in [6.07, 6.45) is 3.96. The Morgan fingerprint density at radius 3 is 2.21 bits per heavy atom. The predicted octanol–water partition coefficient (Wildman–Crippen LogP) is 6.79. The summed E-state index contributed by atoms with van der Waals surface area (Å²) in [6, 6.07) is 25.6. The number of hydrogen-bond acceptors (Lipinski definition) is 6. The van der Waals surface area contributed by atoms with Gasteiger partial charge in [-0.25, -0.2) is 13.8 Å². The number of anilines is 1. The van der Waals surface area contributed by atoms with Crippen LogP contribution < -0.4 is 14.8 Å². The second kappa shape index (κ2) is 16.3. The van der Waals surface area contributed by atoms with Crippen molar-refractivity contribution < 1.29 is 28.5 Å². The highest BCUT2D eigenvalue weighted by atomic mass is 19.1. The van der Waals surface area contributed by atoms with E-state index in [4.69, 9.17) is 14.5 Å². The molecule has 1 aromatic heterocycles. The fraction of sp³-hybridized carbons (Fsp3) is 0.381. The van der Waals surface area contributed by atoms with Gasteiger partial charge in [-0.05, 0) is 110 Å². The average Bonchev–Trinajstić information content (AvgIpc) is 3.65. The van der Waals surface area contributed by atoms with Gasteiger partial charge >= 0.3 is 0 Å². The fourth-order valence-corrected chi connectivity index (χ4v) is 8.03. The highest BCUT2D eigenvalue weighted by Crippen LogP contribution is 2.41. The van der Waals surface area contributed by atoms with E-state index in [1.54, 1.807) is 14.2 Å². The molecule has 2 fully saturated rings. The summed E-state index contributed by atoms with van der Waals surface area (Å²) in [4.78, 5) is 23.8. The number of halogens is 2. The highest BCUT2D eigenvalue weighted by molar-refractivity contribution is 5.85. The maximum absolute atomic E-state index is 14.4. The number of methoxy groups -OCH3 is 2. The molecule has 3 heterocycles. The third kappa shape index (κ3) is 8.31. The largest absolute Gasteiger partial charge is 0.493 e. The molecular weight excluding hydrogens is 676 g/mol. The number of nitrogens with one attached hydrogen (secondary N) is 1. The molecular formula is C42H49F2N5O4. The van der Waals surface area contributed by atoms with Gasteiger partial charge in [0.2, 0.25) is 11.9 Å². The van der Waals surface area contributed by atoms with E-state index < -0.39 is 5.41 Å². The van der Waals surface area contributed by atoms with Crippen molar-refractivity contribution in [3.63, 3.8) is 0 Å². The van der Waals surface area contributed by atoms with Gasteiger partial charge in [0.15, 0.2) is 11.5 Å². The minimum atomic E-state index is -0.566. The van der Waals surface area contributed by atoms with Gasteiger partial charge in [0, 0.05) is 32.2 Å². The Labute approximate surface area is 309 Å². The number of carbonyl (C=O) groups excluding carboxylic acids is 1. The first-order valence-electron chi connectivity index (χ1n) is 18.2. The van der Waals surface area contributed by atoms with Gasteiger partial charge in [0.05, 0.1) is 37.2 Å². The molecule has 280 valence electrons. The molecule has 0 bridgehead atoms. The predicted molar refractivity (Wildman–Crippen MR) is 203 cm³/mol. The molecule has 2 saturated heterocycles. The molecule has 7 rings (SSSR count). The normalized spacial score (nSPS) is 18.0. The maximum atomic E-state index is 14.4. The first kappa shape index (κ1) is 37.7. The zero-order chi connectivity index (χ0) is 36.2. The molecule has 1 unspecified atom stereocenters. The molecule has 0 saturated carbocycles. The molecule has 0 aliphatic carbocycles. The van der Waals surface area contributed by atoms with Crippen LogP contribution in [0.5, 0.6) is 11.5 Å². The molecule has 0 spiro atoms.